The van der Waals surface area contributed by atoms with Crippen LogP contribution in [0.3, 0.4) is 0 Å². The predicted octanol–water partition coefficient (Wildman–Crippen LogP) is 2.84. The van der Waals surface area contributed by atoms with E-state index in [2.05, 4.69) is 4.98 Å². The predicted molar refractivity (Wildman–Crippen MR) is 127 cm³/mol. The average Bonchev–Trinajstić information content (AvgIpc) is 3.14. The third kappa shape index (κ3) is 5.00. The van der Waals surface area contributed by atoms with Crippen molar-refractivity contribution in [3.8, 4) is 0 Å². The molecule has 0 spiro atoms. The monoisotopic (exact) mass is 491 g/mol. The Morgan fingerprint density at radius 3 is 2.62 bits per heavy atom. The zero-order valence-electron chi connectivity index (χ0n) is 17.4. The third-order valence-corrected chi connectivity index (χ3v) is 8.52. The molecule has 0 saturated carbocycles. The first-order valence-corrected chi connectivity index (χ1v) is 13.2. The first-order valence-electron chi connectivity index (χ1n) is 10.1. The normalized spacial score (nSPS) is 17.5. The van der Waals surface area contributed by atoms with Crippen molar-refractivity contribution in [1.29, 1.82) is 0 Å². The lowest BCUT2D eigenvalue weighted by atomic mass is 10.2. The van der Waals surface area contributed by atoms with Crippen molar-refractivity contribution in [3.63, 3.8) is 0 Å². The number of carbonyl (C=O) groups excluding carboxylic acids is 1. The second-order valence-electron chi connectivity index (χ2n) is 7.78. The number of nitrogens with zero attached hydrogens (tertiary/aromatic N) is 3. The van der Waals surface area contributed by atoms with Crippen LogP contribution in [-0.2, 0) is 21.2 Å². The van der Waals surface area contributed by atoms with Crippen LogP contribution in [0.25, 0.3) is 10.9 Å². The van der Waals surface area contributed by atoms with E-state index >= 15 is 0 Å². The quantitative estimate of drug-likeness (QED) is 0.389. The number of hydrogen-bond donors (Lipinski definition) is 0. The van der Waals surface area contributed by atoms with E-state index in [0.717, 1.165) is 5.56 Å². The molecule has 7 nitrogen and oxygen atoms in total. The maximum absolute atomic E-state index is 13.2. The van der Waals surface area contributed by atoms with E-state index in [9.17, 15) is 18.0 Å². The molecule has 2 aromatic carbocycles. The number of hydrogen-bond acceptors (Lipinski definition) is 6. The molecule has 1 atom stereocenters. The van der Waals surface area contributed by atoms with Crippen molar-refractivity contribution in [3.05, 3.63) is 69.5 Å². The lowest BCUT2D eigenvalue weighted by molar-refractivity contribution is -0.128. The first-order chi connectivity index (χ1) is 15.2. The molecule has 10 heteroatoms. The van der Waals surface area contributed by atoms with Crippen molar-refractivity contribution in [2.24, 2.45) is 0 Å². The second kappa shape index (κ2) is 9.25. The molecule has 4 rings (SSSR count). The summed E-state index contributed by atoms with van der Waals surface area (Å²) in [6.45, 7) is 0.293. The Morgan fingerprint density at radius 1 is 1.22 bits per heavy atom. The van der Waals surface area contributed by atoms with Gasteiger partial charge in [-0.15, -0.1) is 0 Å². The van der Waals surface area contributed by atoms with Gasteiger partial charge in [-0.1, -0.05) is 47.6 Å². The molecule has 1 fully saturated rings. The molecule has 0 aliphatic carbocycles. The van der Waals surface area contributed by atoms with Crippen LogP contribution in [0.5, 0.6) is 0 Å². The van der Waals surface area contributed by atoms with Crippen LogP contribution in [0.4, 0.5) is 0 Å². The number of aromatic nitrogens is 2. The van der Waals surface area contributed by atoms with Gasteiger partial charge in [0, 0.05) is 18.1 Å². The fraction of sp³-hybridized carbons (Fsp3) is 0.318. The van der Waals surface area contributed by atoms with E-state index in [1.807, 2.05) is 18.2 Å². The number of halogens is 1. The molecule has 1 saturated heterocycles. The maximum atomic E-state index is 13.2. The summed E-state index contributed by atoms with van der Waals surface area (Å²) in [4.78, 5) is 32.1. The van der Waals surface area contributed by atoms with Crippen LogP contribution in [0, 0.1) is 0 Å². The van der Waals surface area contributed by atoms with Crippen molar-refractivity contribution in [1.82, 2.24) is 14.5 Å². The average molecular weight is 492 g/mol. The molecule has 2 heterocycles. The van der Waals surface area contributed by atoms with E-state index in [0.29, 0.717) is 34.0 Å². The summed E-state index contributed by atoms with van der Waals surface area (Å²) < 4.78 is 25.1. The Morgan fingerprint density at radius 2 is 1.94 bits per heavy atom. The largest absolute Gasteiger partial charge is 0.341 e. The number of thioether (sulfide) groups is 1. The summed E-state index contributed by atoms with van der Waals surface area (Å²) in [5.74, 6) is -0.0408. The summed E-state index contributed by atoms with van der Waals surface area (Å²) in [6, 6.07) is 14.0. The summed E-state index contributed by atoms with van der Waals surface area (Å²) in [6.07, 6.45) is 0.449. The summed E-state index contributed by atoms with van der Waals surface area (Å²) in [5, 5.41) is 1.55. The lowest BCUT2D eigenvalue weighted by Gasteiger charge is -2.23. The van der Waals surface area contributed by atoms with Gasteiger partial charge in [0.05, 0.1) is 34.7 Å². The standard InChI is InChI=1S/C22H22ClN3O4S2/c1-25(17-10-11-32(29,30)14-17)20(27)13-31-22-24-19-5-3-2-4-18(19)21(28)26(22)12-15-6-8-16(23)9-7-15/h2-9,17H,10-14H2,1H3. The highest BCUT2D eigenvalue weighted by molar-refractivity contribution is 7.99. The Hall–Kier alpha value is -2.36. The number of rotatable bonds is 6. The molecule has 3 aromatic rings. The molecular weight excluding hydrogens is 470 g/mol. The van der Waals surface area contributed by atoms with Crippen LogP contribution >= 0.6 is 23.4 Å². The Balaban J connectivity index is 1.60. The molecule has 32 heavy (non-hydrogen) atoms. The van der Waals surface area contributed by atoms with Crippen LogP contribution in [0.1, 0.15) is 12.0 Å². The van der Waals surface area contributed by atoms with Gasteiger partial charge in [0.25, 0.3) is 5.56 Å². The van der Waals surface area contributed by atoms with Gasteiger partial charge in [0.15, 0.2) is 15.0 Å². The zero-order chi connectivity index (χ0) is 22.9. The minimum absolute atomic E-state index is 0.00456. The van der Waals surface area contributed by atoms with E-state index in [4.69, 9.17) is 11.6 Å². The number of amides is 1. The van der Waals surface area contributed by atoms with E-state index < -0.39 is 9.84 Å². The lowest BCUT2D eigenvalue weighted by Crippen LogP contribution is -2.39. The number of fused-ring (bicyclic) bond motifs is 1. The summed E-state index contributed by atoms with van der Waals surface area (Å²) in [7, 11) is -1.46. The van der Waals surface area contributed by atoms with Crippen LogP contribution in [0.2, 0.25) is 5.02 Å². The molecule has 0 bridgehead atoms. The molecule has 0 radical (unpaired) electrons. The van der Waals surface area contributed by atoms with Gasteiger partial charge in [0.1, 0.15) is 0 Å². The molecule has 1 unspecified atom stereocenters. The van der Waals surface area contributed by atoms with Gasteiger partial charge >= 0.3 is 0 Å². The summed E-state index contributed by atoms with van der Waals surface area (Å²) in [5.41, 5.74) is 1.26. The number of carbonyl (C=O) groups is 1. The third-order valence-electron chi connectivity index (χ3n) is 5.55. The molecule has 168 valence electrons. The maximum Gasteiger partial charge on any atom is 0.262 e. The molecule has 1 aromatic heterocycles. The topological polar surface area (TPSA) is 89.3 Å². The van der Waals surface area contributed by atoms with Gasteiger partial charge in [-0.3, -0.25) is 14.2 Å². The number of benzene rings is 2. The van der Waals surface area contributed by atoms with E-state index in [1.54, 1.807) is 41.9 Å². The highest BCUT2D eigenvalue weighted by Crippen LogP contribution is 2.22. The summed E-state index contributed by atoms with van der Waals surface area (Å²) >= 11 is 7.15. The highest BCUT2D eigenvalue weighted by Gasteiger charge is 2.32. The minimum atomic E-state index is -3.08. The smallest absolute Gasteiger partial charge is 0.262 e. The van der Waals surface area contributed by atoms with Crippen LogP contribution in [-0.4, -0.2) is 59.1 Å². The van der Waals surface area contributed by atoms with Gasteiger partial charge in [0.2, 0.25) is 5.91 Å². The van der Waals surface area contributed by atoms with Crippen molar-refractivity contribution in [2.45, 2.75) is 24.2 Å². The van der Waals surface area contributed by atoms with Crippen molar-refractivity contribution >= 4 is 50.0 Å². The number of para-hydroxylation sites is 1. The second-order valence-corrected chi connectivity index (χ2v) is 11.4. The minimum Gasteiger partial charge on any atom is -0.341 e. The van der Waals surface area contributed by atoms with Gasteiger partial charge in [-0.2, -0.15) is 0 Å². The molecule has 0 N–H and O–H groups in total. The van der Waals surface area contributed by atoms with Crippen molar-refractivity contribution < 1.29 is 13.2 Å². The number of sulfone groups is 1. The fourth-order valence-electron chi connectivity index (χ4n) is 3.68. The van der Waals surface area contributed by atoms with Gasteiger partial charge < -0.3 is 4.90 Å². The Bertz CT molecular complexity index is 1320. The first kappa shape index (κ1) is 22.8. The van der Waals surface area contributed by atoms with Gasteiger partial charge in [-0.25, -0.2) is 13.4 Å². The van der Waals surface area contributed by atoms with E-state index in [-0.39, 0.29) is 34.8 Å². The highest BCUT2D eigenvalue weighted by atomic mass is 35.5. The molecule has 1 amide bonds. The fourth-order valence-corrected chi connectivity index (χ4v) is 6.51. The molecule has 1 aliphatic rings. The Labute approximate surface area is 195 Å². The van der Waals surface area contributed by atoms with Crippen LogP contribution < -0.4 is 5.56 Å². The van der Waals surface area contributed by atoms with E-state index in [1.165, 1.54) is 16.7 Å². The van der Waals surface area contributed by atoms with Gasteiger partial charge in [-0.05, 0) is 36.2 Å². The zero-order valence-corrected chi connectivity index (χ0v) is 19.8. The molecule has 1 aliphatic heterocycles. The Kier molecular flexibility index (Phi) is 6.60. The van der Waals surface area contributed by atoms with Crippen LogP contribution in [0.15, 0.2) is 58.5 Å². The SMILES string of the molecule is CN(C(=O)CSc1nc2ccccc2c(=O)n1Cc1ccc(Cl)cc1)C1CCS(=O)(=O)C1. The van der Waals surface area contributed by atoms with Crippen molar-refractivity contribution in [2.75, 3.05) is 24.3 Å². The molecular formula is C22H22ClN3O4S2.